The first-order chi connectivity index (χ1) is 8.75. The molecule has 0 radical (unpaired) electrons. The molecular formula is C17H20O. The summed E-state index contributed by atoms with van der Waals surface area (Å²) in [6.45, 7) is 2.10. The van der Waals surface area contributed by atoms with Crippen LogP contribution < -0.4 is 0 Å². The van der Waals surface area contributed by atoms with E-state index >= 15 is 0 Å². The van der Waals surface area contributed by atoms with Gasteiger partial charge in [0.25, 0.3) is 0 Å². The monoisotopic (exact) mass is 240 g/mol. The molecule has 0 heterocycles. The Kier molecular flexibility index (Phi) is 4.54. The molecule has 2 aromatic carbocycles. The molecule has 1 heteroatoms. The molecule has 2 rings (SSSR count). The van der Waals surface area contributed by atoms with Crippen LogP contribution in [-0.4, -0.2) is 5.11 Å². The van der Waals surface area contributed by atoms with Crippen molar-refractivity contribution >= 4 is 0 Å². The largest absolute Gasteiger partial charge is 0.388 e. The highest BCUT2D eigenvalue weighted by Crippen LogP contribution is 2.19. The van der Waals surface area contributed by atoms with Gasteiger partial charge in [-0.15, -0.1) is 0 Å². The van der Waals surface area contributed by atoms with Crippen molar-refractivity contribution in [2.75, 3.05) is 0 Å². The van der Waals surface area contributed by atoms with Gasteiger partial charge in [-0.25, -0.2) is 0 Å². The van der Waals surface area contributed by atoms with E-state index in [9.17, 15) is 5.11 Å². The molecule has 0 spiro atoms. The molecule has 18 heavy (non-hydrogen) atoms. The SMILES string of the molecule is Cc1ccc(CCCC(O)c2ccccc2)cc1. The van der Waals surface area contributed by atoms with Crippen LogP contribution in [0.5, 0.6) is 0 Å². The summed E-state index contributed by atoms with van der Waals surface area (Å²) < 4.78 is 0. The fraction of sp³-hybridized carbons (Fsp3) is 0.294. The first kappa shape index (κ1) is 12.8. The minimum atomic E-state index is -0.336. The molecule has 0 amide bonds. The summed E-state index contributed by atoms with van der Waals surface area (Å²) >= 11 is 0. The van der Waals surface area contributed by atoms with E-state index in [-0.39, 0.29) is 6.10 Å². The summed E-state index contributed by atoms with van der Waals surface area (Å²) in [5.74, 6) is 0. The van der Waals surface area contributed by atoms with Gasteiger partial charge < -0.3 is 5.11 Å². The fourth-order valence-corrected chi connectivity index (χ4v) is 2.10. The smallest absolute Gasteiger partial charge is 0.0790 e. The van der Waals surface area contributed by atoms with Crippen molar-refractivity contribution in [2.45, 2.75) is 32.3 Å². The lowest BCUT2D eigenvalue weighted by Gasteiger charge is -2.10. The van der Waals surface area contributed by atoms with Crippen molar-refractivity contribution in [3.8, 4) is 0 Å². The van der Waals surface area contributed by atoms with Gasteiger partial charge in [0.05, 0.1) is 6.10 Å². The van der Waals surface area contributed by atoms with E-state index in [1.807, 2.05) is 30.3 Å². The van der Waals surface area contributed by atoms with Crippen LogP contribution >= 0.6 is 0 Å². The van der Waals surface area contributed by atoms with Crippen molar-refractivity contribution in [1.82, 2.24) is 0 Å². The van der Waals surface area contributed by atoms with Gasteiger partial charge in [-0.2, -0.15) is 0 Å². The third-order valence-electron chi connectivity index (χ3n) is 3.25. The first-order valence-corrected chi connectivity index (χ1v) is 6.54. The molecule has 0 fully saturated rings. The molecule has 1 unspecified atom stereocenters. The second-order valence-electron chi connectivity index (χ2n) is 4.80. The van der Waals surface area contributed by atoms with Crippen LogP contribution in [-0.2, 0) is 6.42 Å². The quantitative estimate of drug-likeness (QED) is 0.836. The van der Waals surface area contributed by atoms with Gasteiger partial charge in [-0.1, -0.05) is 60.2 Å². The van der Waals surface area contributed by atoms with E-state index in [0.717, 1.165) is 24.8 Å². The summed E-state index contributed by atoms with van der Waals surface area (Å²) in [4.78, 5) is 0. The lowest BCUT2D eigenvalue weighted by atomic mass is 10.0. The molecule has 0 aliphatic carbocycles. The Morgan fingerprint density at radius 3 is 2.28 bits per heavy atom. The van der Waals surface area contributed by atoms with Gasteiger partial charge in [0.2, 0.25) is 0 Å². The van der Waals surface area contributed by atoms with Crippen LogP contribution in [0, 0.1) is 6.92 Å². The Labute approximate surface area is 109 Å². The van der Waals surface area contributed by atoms with Crippen molar-refractivity contribution in [3.05, 3.63) is 71.3 Å². The lowest BCUT2D eigenvalue weighted by molar-refractivity contribution is 0.164. The van der Waals surface area contributed by atoms with E-state index < -0.39 is 0 Å². The number of benzene rings is 2. The second-order valence-corrected chi connectivity index (χ2v) is 4.80. The van der Waals surface area contributed by atoms with Crippen LogP contribution in [0.3, 0.4) is 0 Å². The highest BCUT2D eigenvalue weighted by molar-refractivity contribution is 5.21. The molecule has 94 valence electrons. The minimum Gasteiger partial charge on any atom is -0.388 e. The number of aliphatic hydroxyl groups excluding tert-OH is 1. The maximum atomic E-state index is 10.0. The van der Waals surface area contributed by atoms with Crippen molar-refractivity contribution in [2.24, 2.45) is 0 Å². The zero-order chi connectivity index (χ0) is 12.8. The molecule has 1 nitrogen and oxygen atoms in total. The molecule has 2 aromatic rings. The van der Waals surface area contributed by atoms with Gasteiger partial charge in [0, 0.05) is 0 Å². The summed E-state index contributed by atoms with van der Waals surface area (Å²) in [5.41, 5.74) is 3.66. The number of hydrogen-bond donors (Lipinski definition) is 1. The standard InChI is InChI=1S/C17H20O/c1-14-10-12-15(13-11-14)6-5-9-17(18)16-7-3-2-4-8-16/h2-4,7-8,10-13,17-18H,5-6,9H2,1H3. The molecule has 0 aliphatic heterocycles. The Morgan fingerprint density at radius 2 is 1.61 bits per heavy atom. The average Bonchev–Trinajstić information content (AvgIpc) is 2.42. The van der Waals surface area contributed by atoms with Gasteiger partial charge in [-0.3, -0.25) is 0 Å². The predicted octanol–water partition coefficient (Wildman–Crippen LogP) is 4.05. The lowest BCUT2D eigenvalue weighted by Crippen LogP contribution is -1.98. The third-order valence-corrected chi connectivity index (χ3v) is 3.25. The number of rotatable bonds is 5. The molecule has 0 aromatic heterocycles. The molecule has 1 atom stereocenters. The summed E-state index contributed by atoms with van der Waals surface area (Å²) in [7, 11) is 0. The summed E-state index contributed by atoms with van der Waals surface area (Å²) in [5, 5.41) is 10.0. The summed E-state index contributed by atoms with van der Waals surface area (Å²) in [6.07, 6.45) is 2.53. The Morgan fingerprint density at radius 1 is 0.944 bits per heavy atom. The van der Waals surface area contributed by atoms with E-state index in [1.165, 1.54) is 11.1 Å². The zero-order valence-corrected chi connectivity index (χ0v) is 10.8. The number of aryl methyl sites for hydroxylation is 2. The van der Waals surface area contributed by atoms with Gasteiger partial charge in [0.15, 0.2) is 0 Å². The Hall–Kier alpha value is -1.60. The molecule has 0 aliphatic rings. The third kappa shape index (κ3) is 3.71. The summed E-state index contributed by atoms with van der Waals surface area (Å²) in [6, 6.07) is 18.5. The predicted molar refractivity (Wildman–Crippen MR) is 75.5 cm³/mol. The molecule has 0 bridgehead atoms. The number of hydrogen-bond acceptors (Lipinski definition) is 1. The van der Waals surface area contributed by atoms with Crippen molar-refractivity contribution in [1.29, 1.82) is 0 Å². The molecular weight excluding hydrogens is 220 g/mol. The van der Waals surface area contributed by atoms with Crippen LogP contribution in [0.2, 0.25) is 0 Å². The number of aliphatic hydroxyl groups is 1. The van der Waals surface area contributed by atoms with Crippen LogP contribution in [0.4, 0.5) is 0 Å². The first-order valence-electron chi connectivity index (χ1n) is 6.54. The fourth-order valence-electron chi connectivity index (χ4n) is 2.10. The van der Waals surface area contributed by atoms with Gasteiger partial charge in [-0.05, 0) is 37.3 Å². The van der Waals surface area contributed by atoms with Crippen LogP contribution in [0.25, 0.3) is 0 Å². The molecule has 0 saturated heterocycles. The maximum Gasteiger partial charge on any atom is 0.0790 e. The highest BCUT2D eigenvalue weighted by atomic mass is 16.3. The van der Waals surface area contributed by atoms with E-state index in [2.05, 4.69) is 31.2 Å². The second kappa shape index (κ2) is 6.36. The average molecular weight is 240 g/mol. The van der Waals surface area contributed by atoms with Crippen LogP contribution in [0.15, 0.2) is 54.6 Å². The minimum absolute atomic E-state index is 0.336. The van der Waals surface area contributed by atoms with E-state index in [4.69, 9.17) is 0 Å². The Balaban J connectivity index is 1.80. The Bertz CT molecular complexity index is 459. The van der Waals surface area contributed by atoms with E-state index in [1.54, 1.807) is 0 Å². The van der Waals surface area contributed by atoms with Crippen molar-refractivity contribution in [3.63, 3.8) is 0 Å². The molecule has 0 saturated carbocycles. The van der Waals surface area contributed by atoms with E-state index in [0.29, 0.717) is 0 Å². The van der Waals surface area contributed by atoms with Crippen molar-refractivity contribution < 1.29 is 5.11 Å². The maximum absolute atomic E-state index is 10.0. The molecule has 1 N–H and O–H groups in total. The van der Waals surface area contributed by atoms with Gasteiger partial charge >= 0.3 is 0 Å². The normalized spacial score (nSPS) is 12.3. The zero-order valence-electron chi connectivity index (χ0n) is 10.8. The van der Waals surface area contributed by atoms with Crippen LogP contribution in [0.1, 0.15) is 35.6 Å². The topological polar surface area (TPSA) is 20.2 Å². The van der Waals surface area contributed by atoms with Gasteiger partial charge in [0.1, 0.15) is 0 Å². The highest BCUT2D eigenvalue weighted by Gasteiger charge is 2.06.